The number of nitrogen functional groups attached to an aromatic ring is 1. The Kier molecular flexibility index (Phi) is 5.24. The third kappa shape index (κ3) is 4.02. The van der Waals surface area contributed by atoms with Crippen LogP contribution in [0.15, 0.2) is 48.5 Å². The number of esters is 1. The molecule has 120 valence electrons. The molecule has 0 saturated carbocycles. The lowest BCUT2D eigenvalue weighted by molar-refractivity contribution is -0.126. The summed E-state index contributed by atoms with van der Waals surface area (Å²) in [5.41, 5.74) is 6.90. The van der Waals surface area contributed by atoms with Gasteiger partial charge in [-0.1, -0.05) is 29.8 Å². The zero-order valence-corrected chi connectivity index (χ0v) is 13.6. The Morgan fingerprint density at radius 1 is 1.17 bits per heavy atom. The average Bonchev–Trinajstić information content (AvgIpc) is 2.56. The lowest BCUT2D eigenvalue weighted by Crippen LogP contribution is -2.37. The van der Waals surface area contributed by atoms with Crippen molar-refractivity contribution < 1.29 is 14.3 Å². The number of rotatable bonds is 4. The summed E-state index contributed by atoms with van der Waals surface area (Å²) in [6.07, 6.45) is -0.926. The van der Waals surface area contributed by atoms with Crippen molar-refractivity contribution >= 4 is 34.9 Å². The molecule has 2 N–H and O–H groups in total. The number of hydrogen-bond donors (Lipinski definition) is 1. The highest BCUT2D eigenvalue weighted by Gasteiger charge is 2.23. The Morgan fingerprint density at radius 2 is 1.83 bits per heavy atom. The first kappa shape index (κ1) is 16.8. The summed E-state index contributed by atoms with van der Waals surface area (Å²) in [7, 11) is 1.63. The molecule has 2 aromatic carbocycles. The smallest absolute Gasteiger partial charge is 0.338 e. The van der Waals surface area contributed by atoms with Gasteiger partial charge in [0.1, 0.15) is 0 Å². The van der Waals surface area contributed by atoms with Crippen LogP contribution in [0.2, 0.25) is 5.02 Å². The maximum atomic E-state index is 12.3. The summed E-state index contributed by atoms with van der Waals surface area (Å²) < 4.78 is 5.21. The monoisotopic (exact) mass is 332 g/mol. The maximum absolute atomic E-state index is 12.3. The number of carbonyl (C=O) groups excluding carboxylic acids is 2. The van der Waals surface area contributed by atoms with Crippen LogP contribution in [-0.4, -0.2) is 25.0 Å². The summed E-state index contributed by atoms with van der Waals surface area (Å²) in [5.74, 6) is -0.956. The fraction of sp³-hybridized carbons (Fsp3) is 0.176. The standard InChI is InChI=1S/C17H17ClN2O3/c1-11(16(21)20(2)13-6-4-3-5-7-13)23-17(22)12-8-9-14(18)15(19)10-12/h3-11H,19H2,1-2H3. The highest BCUT2D eigenvalue weighted by atomic mass is 35.5. The third-order valence-corrected chi connectivity index (χ3v) is 3.68. The van der Waals surface area contributed by atoms with Crippen LogP contribution in [0.25, 0.3) is 0 Å². The first-order valence-electron chi connectivity index (χ1n) is 6.98. The van der Waals surface area contributed by atoms with Gasteiger partial charge in [0.15, 0.2) is 6.10 Å². The molecular weight excluding hydrogens is 316 g/mol. The lowest BCUT2D eigenvalue weighted by atomic mass is 10.2. The van der Waals surface area contributed by atoms with Crippen molar-refractivity contribution in [2.45, 2.75) is 13.0 Å². The van der Waals surface area contributed by atoms with E-state index in [2.05, 4.69) is 0 Å². The van der Waals surface area contributed by atoms with Crippen molar-refractivity contribution in [2.75, 3.05) is 17.7 Å². The number of likely N-dealkylation sites (N-methyl/N-ethyl adjacent to an activating group) is 1. The summed E-state index contributed by atoms with van der Waals surface area (Å²) in [5, 5.41) is 0.356. The second-order valence-corrected chi connectivity index (χ2v) is 5.42. The number of anilines is 2. The van der Waals surface area contributed by atoms with E-state index < -0.39 is 12.1 Å². The van der Waals surface area contributed by atoms with Gasteiger partial charge in [-0.25, -0.2) is 4.79 Å². The molecule has 0 aliphatic heterocycles. The Balaban J connectivity index is 2.05. The second kappa shape index (κ2) is 7.15. The second-order valence-electron chi connectivity index (χ2n) is 5.02. The van der Waals surface area contributed by atoms with Gasteiger partial charge in [-0.15, -0.1) is 0 Å². The van der Waals surface area contributed by atoms with Gasteiger partial charge >= 0.3 is 5.97 Å². The van der Waals surface area contributed by atoms with Crippen molar-refractivity contribution in [2.24, 2.45) is 0 Å². The molecule has 0 aromatic heterocycles. The van der Waals surface area contributed by atoms with E-state index in [9.17, 15) is 9.59 Å². The molecule has 23 heavy (non-hydrogen) atoms. The number of halogens is 1. The van der Waals surface area contributed by atoms with E-state index in [0.29, 0.717) is 5.02 Å². The molecule has 0 aliphatic rings. The summed E-state index contributed by atoms with van der Waals surface area (Å²) >= 11 is 5.81. The van der Waals surface area contributed by atoms with E-state index in [4.69, 9.17) is 22.1 Å². The van der Waals surface area contributed by atoms with E-state index in [0.717, 1.165) is 5.69 Å². The molecule has 0 radical (unpaired) electrons. The lowest BCUT2D eigenvalue weighted by Gasteiger charge is -2.21. The summed E-state index contributed by atoms with van der Waals surface area (Å²) in [6, 6.07) is 13.5. The predicted molar refractivity (Wildman–Crippen MR) is 90.6 cm³/mol. The summed E-state index contributed by atoms with van der Waals surface area (Å²) in [6.45, 7) is 1.53. The van der Waals surface area contributed by atoms with Gasteiger partial charge in [0.25, 0.3) is 5.91 Å². The van der Waals surface area contributed by atoms with Crippen LogP contribution in [0.1, 0.15) is 17.3 Å². The fourth-order valence-electron chi connectivity index (χ4n) is 2.00. The molecular formula is C17H17ClN2O3. The van der Waals surface area contributed by atoms with Crippen molar-refractivity contribution in [1.82, 2.24) is 0 Å². The highest BCUT2D eigenvalue weighted by molar-refractivity contribution is 6.33. The van der Waals surface area contributed by atoms with Gasteiger partial charge in [0.05, 0.1) is 16.3 Å². The van der Waals surface area contributed by atoms with E-state index in [-0.39, 0.29) is 17.2 Å². The third-order valence-electron chi connectivity index (χ3n) is 3.34. The minimum atomic E-state index is -0.926. The molecule has 6 heteroatoms. The molecule has 0 saturated heterocycles. The largest absolute Gasteiger partial charge is 0.449 e. The molecule has 0 fully saturated rings. The minimum Gasteiger partial charge on any atom is -0.449 e. The Morgan fingerprint density at radius 3 is 2.43 bits per heavy atom. The Bertz CT molecular complexity index is 719. The topological polar surface area (TPSA) is 72.6 Å². The van der Waals surface area contributed by atoms with Gasteiger partial charge in [-0.05, 0) is 37.3 Å². The molecule has 0 spiro atoms. The van der Waals surface area contributed by atoms with Crippen molar-refractivity contribution in [1.29, 1.82) is 0 Å². The highest BCUT2D eigenvalue weighted by Crippen LogP contribution is 2.20. The van der Waals surface area contributed by atoms with Crippen LogP contribution in [0.3, 0.4) is 0 Å². The van der Waals surface area contributed by atoms with Gasteiger partial charge in [0.2, 0.25) is 0 Å². The zero-order chi connectivity index (χ0) is 17.0. The van der Waals surface area contributed by atoms with Gasteiger partial charge in [0, 0.05) is 12.7 Å². The van der Waals surface area contributed by atoms with E-state index in [1.165, 1.54) is 30.0 Å². The molecule has 1 unspecified atom stereocenters. The van der Waals surface area contributed by atoms with E-state index in [1.807, 2.05) is 18.2 Å². The quantitative estimate of drug-likeness (QED) is 0.689. The van der Waals surface area contributed by atoms with Crippen molar-refractivity contribution in [3.8, 4) is 0 Å². The molecule has 2 rings (SSSR count). The minimum absolute atomic E-state index is 0.244. The van der Waals surface area contributed by atoms with Gasteiger partial charge in [-0.2, -0.15) is 0 Å². The normalized spacial score (nSPS) is 11.6. The van der Waals surface area contributed by atoms with Crippen LogP contribution in [0, 0.1) is 0 Å². The molecule has 1 amide bonds. The van der Waals surface area contributed by atoms with Crippen LogP contribution in [0.5, 0.6) is 0 Å². The Labute approximate surface area is 139 Å². The fourth-order valence-corrected chi connectivity index (χ4v) is 2.12. The van der Waals surface area contributed by atoms with Crippen LogP contribution in [-0.2, 0) is 9.53 Å². The van der Waals surface area contributed by atoms with E-state index >= 15 is 0 Å². The Hall–Kier alpha value is -2.53. The first-order valence-corrected chi connectivity index (χ1v) is 7.36. The van der Waals surface area contributed by atoms with Crippen molar-refractivity contribution in [3.05, 3.63) is 59.1 Å². The molecule has 0 bridgehead atoms. The van der Waals surface area contributed by atoms with Gasteiger partial charge < -0.3 is 15.4 Å². The predicted octanol–water partition coefficient (Wildman–Crippen LogP) is 3.13. The van der Waals surface area contributed by atoms with Crippen LogP contribution >= 0.6 is 11.6 Å². The molecule has 1 atom stereocenters. The number of para-hydroxylation sites is 1. The van der Waals surface area contributed by atoms with Crippen LogP contribution < -0.4 is 10.6 Å². The SMILES string of the molecule is CC(OC(=O)c1ccc(Cl)c(N)c1)C(=O)N(C)c1ccccc1. The number of carbonyl (C=O) groups is 2. The number of nitrogens with zero attached hydrogens (tertiary/aromatic N) is 1. The number of nitrogens with two attached hydrogens (primary N) is 1. The van der Waals surface area contributed by atoms with Crippen molar-refractivity contribution in [3.63, 3.8) is 0 Å². The number of hydrogen-bond acceptors (Lipinski definition) is 4. The summed E-state index contributed by atoms with van der Waals surface area (Å²) in [4.78, 5) is 25.9. The zero-order valence-electron chi connectivity index (χ0n) is 12.8. The number of benzene rings is 2. The average molecular weight is 333 g/mol. The molecule has 0 heterocycles. The number of amides is 1. The van der Waals surface area contributed by atoms with E-state index in [1.54, 1.807) is 19.2 Å². The maximum Gasteiger partial charge on any atom is 0.338 e. The first-order chi connectivity index (χ1) is 10.9. The number of ether oxygens (including phenoxy) is 1. The molecule has 2 aromatic rings. The van der Waals surface area contributed by atoms with Gasteiger partial charge in [-0.3, -0.25) is 4.79 Å². The van der Waals surface area contributed by atoms with Crippen LogP contribution in [0.4, 0.5) is 11.4 Å². The molecule has 5 nitrogen and oxygen atoms in total. The molecule has 0 aliphatic carbocycles.